The highest BCUT2D eigenvalue weighted by Crippen LogP contribution is 2.34. The third-order valence-corrected chi connectivity index (χ3v) is 5.32. The number of nitrogens with zero attached hydrogens (tertiary/aromatic N) is 2. The van der Waals surface area contributed by atoms with Gasteiger partial charge in [-0.2, -0.15) is 0 Å². The molecular formula is C16H18N2S. The van der Waals surface area contributed by atoms with Gasteiger partial charge in [-0.25, -0.2) is 9.97 Å². The smallest absolute Gasteiger partial charge is 0.135 e. The predicted octanol–water partition coefficient (Wildman–Crippen LogP) is 4.92. The van der Waals surface area contributed by atoms with Crippen molar-refractivity contribution < 1.29 is 0 Å². The summed E-state index contributed by atoms with van der Waals surface area (Å²) in [7, 11) is 0. The lowest BCUT2D eigenvalue weighted by Crippen LogP contribution is -2.22. The van der Waals surface area contributed by atoms with E-state index in [1.165, 1.54) is 15.5 Å². The van der Waals surface area contributed by atoms with Gasteiger partial charge < -0.3 is 0 Å². The highest BCUT2D eigenvalue weighted by Gasteiger charge is 2.26. The largest absolute Gasteiger partial charge is 0.240 e. The van der Waals surface area contributed by atoms with Gasteiger partial charge in [0.2, 0.25) is 0 Å². The maximum absolute atomic E-state index is 4.83. The van der Waals surface area contributed by atoms with E-state index in [-0.39, 0.29) is 5.41 Å². The summed E-state index contributed by atoms with van der Waals surface area (Å²) in [4.78, 5) is 10.6. The minimum Gasteiger partial charge on any atom is -0.240 e. The minimum absolute atomic E-state index is 0.0877. The number of benzene rings is 1. The van der Waals surface area contributed by atoms with Crippen LogP contribution in [-0.4, -0.2) is 9.97 Å². The second-order valence-electron chi connectivity index (χ2n) is 5.28. The van der Waals surface area contributed by atoms with Gasteiger partial charge in [-0.15, -0.1) is 11.3 Å². The molecule has 0 amide bonds. The van der Waals surface area contributed by atoms with Gasteiger partial charge in [-0.05, 0) is 18.9 Å². The molecule has 19 heavy (non-hydrogen) atoms. The summed E-state index contributed by atoms with van der Waals surface area (Å²) in [5, 5.41) is 2.45. The first-order chi connectivity index (χ1) is 9.18. The summed E-state index contributed by atoms with van der Waals surface area (Å²) in [5.74, 6) is 0.983. The molecule has 0 aliphatic heterocycles. The fourth-order valence-electron chi connectivity index (χ4n) is 2.37. The number of rotatable bonds is 3. The maximum Gasteiger partial charge on any atom is 0.135 e. The van der Waals surface area contributed by atoms with Gasteiger partial charge in [-0.3, -0.25) is 0 Å². The van der Waals surface area contributed by atoms with Gasteiger partial charge in [0.25, 0.3) is 0 Å². The normalized spacial score (nSPS) is 12.4. The summed E-state index contributed by atoms with van der Waals surface area (Å²) < 4.78 is 1.29. The van der Waals surface area contributed by atoms with Crippen molar-refractivity contribution >= 4 is 31.6 Å². The molecule has 0 aliphatic rings. The average molecular weight is 270 g/mol. The molecule has 0 fully saturated rings. The van der Waals surface area contributed by atoms with E-state index in [1.807, 2.05) is 6.20 Å². The number of thiophene rings is 1. The Hall–Kier alpha value is -1.48. The van der Waals surface area contributed by atoms with Crippen molar-refractivity contribution in [3.05, 3.63) is 36.3 Å². The monoisotopic (exact) mass is 270 g/mol. The van der Waals surface area contributed by atoms with E-state index in [0.29, 0.717) is 0 Å². The van der Waals surface area contributed by atoms with Crippen molar-refractivity contribution in [1.29, 1.82) is 0 Å². The van der Waals surface area contributed by atoms with Crippen LogP contribution in [0.1, 0.15) is 39.4 Å². The average Bonchev–Trinajstić information content (AvgIpc) is 2.84. The molecule has 0 spiro atoms. The summed E-state index contributed by atoms with van der Waals surface area (Å²) in [6.07, 6.45) is 4.14. The second kappa shape index (κ2) is 4.57. The molecule has 0 atom stereocenters. The van der Waals surface area contributed by atoms with Gasteiger partial charge in [-0.1, -0.05) is 39.0 Å². The minimum atomic E-state index is 0.0877. The molecule has 0 unspecified atom stereocenters. The van der Waals surface area contributed by atoms with E-state index >= 15 is 0 Å². The maximum atomic E-state index is 4.83. The topological polar surface area (TPSA) is 25.8 Å². The van der Waals surface area contributed by atoms with Crippen LogP contribution < -0.4 is 0 Å². The van der Waals surface area contributed by atoms with E-state index in [1.54, 1.807) is 11.3 Å². The second-order valence-corrected chi connectivity index (χ2v) is 6.31. The molecule has 0 saturated carbocycles. The van der Waals surface area contributed by atoms with Crippen molar-refractivity contribution in [3.8, 4) is 0 Å². The zero-order valence-corrected chi connectivity index (χ0v) is 12.4. The van der Waals surface area contributed by atoms with E-state index in [0.717, 1.165) is 23.5 Å². The number of hydrogen-bond donors (Lipinski definition) is 0. The SMILES string of the molecule is CCC(C)(CC)c1ncc2c(n1)sc1ccccc12. The number of fused-ring (bicyclic) bond motifs is 3. The van der Waals surface area contributed by atoms with E-state index in [9.17, 15) is 0 Å². The van der Waals surface area contributed by atoms with E-state index < -0.39 is 0 Å². The lowest BCUT2D eigenvalue weighted by molar-refractivity contribution is 0.413. The Morgan fingerprint density at radius 2 is 1.84 bits per heavy atom. The van der Waals surface area contributed by atoms with Crippen molar-refractivity contribution in [2.75, 3.05) is 0 Å². The highest BCUT2D eigenvalue weighted by atomic mass is 32.1. The molecule has 2 aromatic heterocycles. The molecule has 3 aromatic rings. The van der Waals surface area contributed by atoms with Crippen molar-refractivity contribution in [1.82, 2.24) is 9.97 Å². The van der Waals surface area contributed by atoms with Gasteiger partial charge in [0, 0.05) is 27.1 Å². The van der Waals surface area contributed by atoms with Crippen LogP contribution in [0.15, 0.2) is 30.5 Å². The first kappa shape index (κ1) is 12.5. The number of aromatic nitrogens is 2. The molecule has 3 heteroatoms. The first-order valence-electron chi connectivity index (χ1n) is 6.82. The Kier molecular flexibility index (Phi) is 3.02. The number of hydrogen-bond acceptors (Lipinski definition) is 3. The van der Waals surface area contributed by atoms with Crippen LogP contribution >= 0.6 is 11.3 Å². The zero-order valence-electron chi connectivity index (χ0n) is 11.6. The van der Waals surface area contributed by atoms with Crippen LogP contribution in [0.2, 0.25) is 0 Å². The van der Waals surface area contributed by atoms with Gasteiger partial charge in [0.1, 0.15) is 10.7 Å². The van der Waals surface area contributed by atoms with Crippen LogP contribution in [-0.2, 0) is 5.41 Å². The van der Waals surface area contributed by atoms with E-state index in [4.69, 9.17) is 4.98 Å². The lowest BCUT2D eigenvalue weighted by atomic mass is 9.84. The Morgan fingerprint density at radius 3 is 2.58 bits per heavy atom. The van der Waals surface area contributed by atoms with Crippen LogP contribution in [0.3, 0.4) is 0 Å². The van der Waals surface area contributed by atoms with E-state index in [2.05, 4.69) is 50.0 Å². The van der Waals surface area contributed by atoms with Crippen LogP contribution in [0.4, 0.5) is 0 Å². The lowest BCUT2D eigenvalue weighted by Gasteiger charge is -2.24. The molecular weight excluding hydrogens is 252 g/mol. The molecule has 0 N–H and O–H groups in total. The molecule has 0 radical (unpaired) electrons. The Balaban J connectivity index is 2.24. The van der Waals surface area contributed by atoms with Gasteiger partial charge in [0.05, 0.1) is 0 Å². The van der Waals surface area contributed by atoms with Crippen LogP contribution in [0.5, 0.6) is 0 Å². The van der Waals surface area contributed by atoms with Gasteiger partial charge >= 0.3 is 0 Å². The molecule has 0 bridgehead atoms. The summed E-state index contributed by atoms with van der Waals surface area (Å²) >= 11 is 1.76. The van der Waals surface area contributed by atoms with Gasteiger partial charge in [0.15, 0.2) is 0 Å². The molecule has 0 aliphatic carbocycles. The Bertz CT molecular complexity index is 726. The Labute approximate surface area is 117 Å². The summed E-state index contributed by atoms with van der Waals surface area (Å²) in [6.45, 7) is 6.67. The first-order valence-corrected chi connectivity index (χ1v) is 7.64. The summed E-state index contributed by atoms with van der Waals surface area (Å²) in [5.41, 5.74) is 0.0877. The molecule has 2 heterocycles. The van der Waals surface area contributed by atoms with Crippen LogP contribution in [0, 0.1) is 0 Å². The molecule has 3 rings (SSSR count). The highest BCUT2D eigenvalue weighted by molar-refractivity contribution is 7.25. The Morgan fingerprint density at radius 1 is 1.11 bits per heavy atom. The quantitative estimate of drug-likeness (QED) is 0.675. The van der Waals surface area contributed by atoms with Crippen molar-refractivity contribution in [2.45, 2.75) is 39.0 Å². The fraction of sp³-hybridized carbons (Fsp3) is 0.375. The predicted molar refractivity (Wildman–Crippen MR) is 82.9 cm³/mol. The fourth-order valence-corrected chi connectivity index (χ4v) is 3.42. The standard InChI is InChI=1S/C16H18N2S/c1-4-16(3,5-2)15-17-10-12-11-8-6-7-9-13(11)19-14(12)18-15/h6-10H,4-5H2,1-3H3. The van der Waals surface area contributed by atoms with Crippen molar-refractivity contribution in [2.24, 2.45) is 0 Å². The van der Waals surface area contributed by atoms with Crippen molar-refractivity contribution in [3.63, 3.8) is 0 Å². The molecule has 1 aromatic carbocycles. The molecule has 98 valence electrons. The zero-order chi connectivity index (χ0) is 13.5. The van der Waals surface area contributed by atoms with Crippen LogP contribution in [0.25, 0.3) is 20.3 Å². The molecule has 2 nitrogen and oxygen atoms in total. The summed E-state index contributed by atoms with van der Waals surface area (Å²) in [6, 6.07) is 8.45. The third kappa shape index (κ3) is 1.93. The third-order valence-electron chi connectivity index (χ3n) is 4.24. The molecule has 0 saturated heterocycles.